The second kappa shape index (κ2) is 7.84. The summed E-state index contributed by atoms with van der Waals surface area (Å²) in [5, 5.41) is 10.3. The molecule has 11 heteroatoms. The van der Waals surface area contributed by atoms with Crippen LogP contribution in [-0.4, -0.2) is 95.2 Å². The number of amidine groups is 1. The quantitative estimate of drug-likeness (QED) is 0.692. The number of likely N-dealkylation sites (N-methyl/N-ethyl adjacent to an activating group) is 2. The Morgan fingerprint density at radius 3 is 2.68 bits per heavy atom. The summed E-state index contributed by atoms with van der Waals surface area (Å²) < 4.78 is 7.11. The van der Waals surface area contributed by atoms with Crippen molar-refractivity contribution in [2.24, 2.45) is 10.1 Å². The van der Waals surface area contributed by atoms with Crippen molar-refractivity contribution in [3.63, 3.8) is 0 Å². The number of hydrogen-bond donors (Lipinski definition) is 1. The average Bonchev–Trinajstić information content (AvgIpc) is 3.15. The summed E-state index contributed by atoms with van der Waals surface area (Å²) >= 11 is 6.19. The molecule has 2 unspecified atom stereocenters. The molecule has 0 saturated carbocycles. The molecular formula is C20H25ClN7O3+. The number of carbonyl (C=O) groups excluding carboxylic acids is 2. The smallest absolute Gasteiger partial charge is 0.417 e. The van der Waals surface area contributed by atoms with Gasteiger partial charge in [0.1, 0.15) is 18.3 Å². The monoisotopic (exact) mass is 446 g/mol. The molecule has 0 aromatic heterocycles. The molecule has 4 rings (SSSR count). The van der Waals surface area contributed by atoms with Crippen LogP contribution in [0.5, 0.6) is 5.75 Å². The molecule has 10 nitrogen and oxygen atoms in total. The maximum Gasteiger partial charge on any atom is 0.417 e. The van der Waals surface area contributed by atoms with Crippen LogP contribution in [0.1, 0.15) is 13.8 Å². The number of guanidine groups is 1. The van der Waals surface area contributed by atoms with E-state index in [0.717, 1.165) is 16.3 Å². The first-order valence-electron chi connectivity index (χ1n) is 9.93. The molecule has 3 aliphatic rings. The maximum absolute atomic E-state index is 12.9. The van der Waals surface area contributed by atoms with Crippen LogP contribution in [0.3, 0.4) is 0 Å². The Morgan fingerprint density at radius 2 is 2.00 bits per heavy atom. The van der Waals surface area contributed by atoms with Crippen LogP contribution in [0.2, 0.25) is 5.02 Å². The van der Waals surface area contributed by atoms with Gasteiger partial charge in [-0.1, -0.05) is 16.6 Å². The van der Waals surface area contributed by atoms with Gasteiger partial charge in [0.05, 0.1) is 17.8 Å². The molecule has 1 aromatic carbocycles. The number of nitrogens with one attached hydrogen (secondary N) is 1. The molecule has 2 atom stereocenters. The first-order chi connectivity index (χ1) is 14.7. The normalized spacial score (nSPS) is 23.0. The number of hydrazone groups is 1. The molecule has 0 radical (unpaired) electrons. The minimum atomic E-state index is -0.640. The lowest BCUT2D eigenvalue weighted by Crippen LogP contribution is -2.63. The number of aliphatic imine (C=N–C) groups is 1. The van der Waals surface area contributed by atoms with Crippen molar-refractivity contribution in [1.29, 1.82) is 0 Å². The van der Waals surface area contributed by atoms with Gasteiger partial charge >= 0.3 is 12.0 Å². The SMILES string of the molecule is COc1ccc(NCCN2N=C(C)C(C)[N+]3=C2N=C2C3C(=O)N(C)C(=O)N2C)cc1Cl. The molecule has 31 heavy (non-hydrogen) atoms. The molecule has 0 spiro atoms. The van der Waals surface area contributed by atoms with E-state index in [-0.39, 0.29) is 11.9 Å². The second-order valence-corrected chi connectivity index (χ2v) is 8.04. The number of urea groups is 1. The van der Waals surface area contributed by atoms with E-state index in [1.807, 2.05) is 24.5 Å². The highest BCUT2D eigenvalue weighted by molar-refractivity contribution is 6.32. The standard InChI is InChI=1S/C20H25ClN7O3/c1-11-12(2)28-16-17(25(3)20(30)26(4)18(16)29)23-19(28)27(24-11)9-8-22-13-6-7-15(31-5)14(21)10-13/h6-7,10,12,16,22H,8-9H2,1-5H3/q+1. The van der Waals surface area contributed by atoms with Crippen molar-refractivity contribution in [2.75, 3.05) is 39.6 Å². The Morgan fingerprint density at radius 1 is 1.26 bits per heavy atom. The third-order valence-corrected chi connectivity index (χ3v) is 6.08. The summed E-state index contributed by atoms with van der Waals surface area (Å²) in [6.45, 7) is 4.97. The van der Waals surface area contributed by atoms with Gasteiger partial charge in [0.15, 0.2) is 0 Å². The molecule has 0 bridgehead atoms. The lowest BCUT2D eigenvalue weighted by Gasteiger charge is -2.33. The summed E-state index contributed by atoms with van der Waals surface area (Å²) in [6, 6.07) is 4.33. The Hall–Kier alpha value is -3.14. The highest BCUT2D eigenvalue weighted by atomic mass is 35.5. The lowest BCUT2D eigenvalue weighted by molar-refractivity contribution is -0.559. The van der Waals surface area contributed by atoms with Crippen molar-refractivity contribution in [2.45, 2.75) is 25.9 Å². The fraction of sp³-hybridized carbons (Fsp3) is 0.450. The average molecular weight is 447 g/mol. The molecule has 1 aromatic rings. The number of ether oxygens (including phenoxy) is 1. The minimum absolute atomic E-state index is 0.121. The molecule has 1 saturated heterocycles. The number of benzene rings is 1. The van der Waals surface area contributed by atoms with Gasteiger partial charge in [-0.3, -0.25) is 14.6 Å². The Labute approximate surface area is 185 Å². The number of amides is 3. The van der Waals surface area contributed by atoms with E-state index in [1.54, 1.807) is 31.3 Å². The third-order valence-electron chi connectivity index (χ3n) is 5.79. The van der Waals surface area contributed by atoms with Gasteiger partial charge in [-0.15, -0.1) is 10.1 Å². The minimum Gasteiger partial charge on any atom is -0.495 e. The van der Waals surface area contributed by atoms with Gasteiger partial charge in [-0.05, 0) is 32.0 Å². The molecular weight excluding hydrogens is 422 g/mol. The zero-order valence-electron chi connectivity index (χ0n) is 18.1. The Kier molecular flexibility index (Phi) is 5.34. The van der Waals surface area contributed by atoms with E-state index in [9.17, 15) is 9.59 Å². The van der Waals surface area contributed by atoms with E-state index in [1.165, 1.54) is 11.9 Å². The number of imide groups is 1. The van der Waals surface area contributed by atoms with E-state index >= 15 is 0 Å². The summed E-state index contributed by atoms with van der Waals surface area (Å²) in [6.07, 6.45) is 0. The number of anilines is 1. The van der Waals surface area contributed by atoms with Gasteiger partial charge in [0, 0.05) is 26.3 Å². The summed E-state index contributed by atoms with van der Waals surface area (Å²) in [7, 11) is 4.70. The van der Waals surface area contributed by atoms with Crippen molar-refractivity contribution >= 4 is 46.7 Å². The van der Waals surface area contributed by atoms with Crippen LogP contribution in [0.15, 0.2) is 28.3 Å². The van der Waals surface area contributed by atoms with Crippen LogP contribution >= 0.6 is 11.6 Å². The molecule has 1 fully saturated rings. The van der Waals surface area contributed by atoms with Crippen molar-refractivity contribution in [1.82, 2.24) is 14.8 Å². The van der Waals surface area contributed by atoms with Gasteiger partial charge in [-0.2, -0.15) is 0 Å². The maximum atomic E-state index is 12.9. The van der Waals surface area contributed by atoms with Crippen LogP contribution < -0.4 is 10.1 Å². The van der Waals surface area contributed by atoms with Gasteiger partial charge in [0.25, 0.3) is 5.91 Å². The van der Waals surface area contributed by atoms with Crippen LogP contribution in [-0.2, 0) is 4.79 Å². The predicted octanol–water partition coefficient (Wildman–Crippen LogP) is 1.51. The molecule has 3 amide bonds. The first-order valence-corrected chi connectivity index (χ1v) is 10.3. The molecule has 3 aliphatic heterocycles. The van der Waals surface area contributed by atoms with Crippen LogP contribution in [0.25, 0.3) is 0 Å². The first kappa shape index (κ1) is 21.1. The number of fused-ring (bicyclic) bond motifs is 2. The van der Waals surface area contributed by atoms with Crippen molar-refractivity contribution in [3.8, 4) is 5.75 Å². The molecule has 3 heterocycles. The van der Waals surface area contributed by atoms with Crippen molar-refractivity contribution in [3.05, 3.63) is 23.2 Å². The largest absolute Gasteiger partial charge is 0.495 e. The molecule has 1 N–H and O–H groups in total. The van der Waals surface area contributed by atoms with E-state index in [0.29, 0.717) is 35.7 Å². The highest BCUT2D eigenvalue weighted by Crippen LogP contribution is 2.27. The number of carbonyl (C=O) groups is 2. The molecule has 0 aliphatic carbocycles. The van der Waals surface area contributed by atoms with E-state index in [4.69, 9.17) is 16.3 Å². The zero-order valence-corrected chi connectivity index (χ0v) is 18.8. The summed E-state index contributed by atoms with van der Waals surface area (Å²) in [4.78, 5) is 32.5. The van der Waals surface area contributed by atoms with Crippen LogP contribution in [0, 0.1) is 0 Å². The number of methoxy groups -OCH3 is 1. The highest BCUT2D eigenvalue weighted by Gasteiger charge is 2.55. The third kappa shape index (κ3) is 3.40. The van der Waals surface area contributed by atoms with Gasteiger partial charge < -0.3 is 10.1 Å². The second-order valence-electron chi connectivity index (χ2n) is 7.64. The van der Waals surface area contributed by atoms with Crippen molar-refractivity contribution < 1.29 is 18.9 Å². The van der Waals surface area contributed by atoms with E-state index < -0.39 is 12.1 Å². The number of halogens is 1. The van der Waals surface area contributed by atoms with Crippen LogP contribution in [0.4, 0.5) is 10.5 Å². The fourth-order valence-corrected chi connectivity index (χ4v) is 4.15. The summed E-state index contributed by atoms with van der Waals surface area (Å²) in [5.74, 6) is 1.32. The summed E-state index contributed by atoms with van der Waals surface area (Å²) in [5.41, 5.74) is 1.72. The van der Waals surface area contributed by atoms with Gasteiger partial charge in [-0.25, -0.2) is 9.37 Å². The number of rotatable bonds is 5. The topological polar surface area (TPSA) is 92.8 Å². The Balaban J connectivity index is 1.56. The van der Waals surface area contributed by atoms with Gasteiger partial charge in [0.2, 0.25) is 11.9 Å². The van der Waals surface area contributed by atoms with E-state index in [2.05, 4.69) is 15.4 Å². The number of hydrogen-bond acceptors (Lipinski definition) is 7. The zero-order chi connectivity index (χ0) is 22.4. The number of nitrogens with zero attached hydrogens (tertiary/aromatic N) is 6. The predicted molar refractivity (Wildman–Crippen MR) is 118 cm³/mol. The fourth-order valence-electron chi connectivity index (χ4n) is 3.89. The lowest BCUT2D eigenvalue weighted by atomic mass is 10.1. The molecule has 164 valence electrons. The Bertz CT molecular complexity index is 1050.